The van der Waals surface area contributed by atoms with E-state index in [9.17, 15) is 0 Å². The van der Waals surface area contributed by atoms with Crippen LogP contribution in [0.25, 0.3) is 16.9 Å². The summed E-state index contributed by atoms with van der Waals surface area (Å²) in [7, 11) is 0. The minimum atomic E-state index is 0.976. The van der Waals surface area contributed by atoms with E-state index < -0.39 is 0 Å². The second-order valence-electron chi connectivity index (χ2n) is 3.97. The first-order valence-electron chi connectivity index (χ1n) is 5.45. The third kappa shape index (κ3) is 1.67. The number of aromatic nitrogens is 2. The maximum Gasteiger partial charge on any atom is 0.137 e. The molecule has 84 valence electrons. The number of imidazole rings is 1. The topological polar surface area (TPSA) is 17.3 Å². The minimum absolute atomic E-state index is 0.976. The Bertz CT molecular complexity index is 671. The zero-order valence-electron chi connectivity index (χ0n) is 9.39. The second-order valence-corrected chi connectivity index (χ2v) is 4.82. The molecule has 0 aliphatic heterocycles. The van der Waals surface area contributed by atoms with Crippen LogP contribution in [0.4, 0.5) is 0 Å². The molecule has 0 saturated heterocycles. The average molecular weight is 287 g/mol. The van der Waals surface area contributed by atoms with Gasteiger partial charge in [0.2, 0.25) is 0 Å². The van der Waals surface area contributed by atoms with E-state index >= 15 is 0 Å². The van der Waals surface area contributed by atoms with Gasteiger partial charge in [-0.05, 0) is 35.0 Å². The first-order chi connectivity index (χ1) is 8.27. The van der Waals surface area contributed by atoms with Gasteiger partial charge in [-0.2, -0.15) is 0 Å². The summed E-state index contributed by atoms with van der Waals surface area (Å²) < 4.78 is 3.26. The van der Waals surface area contributed by atoms with Crippen LogP contribution in [0.15, 0.2) is 53.1 Å². The molecule has 0 saturated carbocycles. The number of hydrogen-bond donors (Lipinski definition) is 0. The summed E-state index contributed by atoms with van der Waals surface area (Å²) in [6, 6.07) is 14.4. The molecule has 1 aromatic carbocycles. The highest BCUT2D eigenvalue weighted by Gasteiger charge is 2.08. The van der Waals surface area contributed by atoms with Crippen LogP contribution in [0.1, 0.15) is 5.69 Å². The molecule has 0 bridgehead atoms. The van der Waals surface area contributed by atoms with Crippen molar-refractivity contribution >= 4 is 21.6 Å². The molecule has 0 aliphatic carbocycles. The van der Waals surface area contributed by atoms with Crippen LogP contribution in [0.5, 0.6) is 0 Å². The molecule has 2 heterocycles. The quantitative estimate of drug-likeness (QED) is 0.659. The van der Waals surface area contributed by atoms with Crippen LogP contribution in [0.2, 0.25) is 0 Å². The predicted octanol–water partition coefficient (Wildman–Crippen LogP) is 4.07. The maximum absolute atomic E-state index is 4.44. The van der Waals surface area contributed by atoms with E-state index in [0.29, 0.717) is 0 Å². The fraction of sp³-hybridized carbons (Fsp3) is 0.0714. The number of rotatable bonds is 1. The first kappa shape index (κ1) is 10.5. The van der Waals surface area contributed by atoms with Gasteiger partial charge >= 0.3 is 0 Å². The number of aryl methyl sites for hydroxylation is 1. The largest absolute Gasteiger partial charge is 0.296 e. The van der Waals surface area contributed by atoms with E-state index in [1.807, 2.05) is 36.5 Å². The molecule has 3 rings (SSSR count). The number of hydrogen-bond acceptors (Lipinski definition) is 1. The lowest BCUT2D eigenvalue weighted by atomic mass is 10.2. The molecule has 0 radical (unpaired) electrons. The van der Waals surface area contributed by atoms with Gasteiger partial charge in [0, 0.05) is 15.7 Å². The fourth-order valence-corrected chi connectivity index (χ4v) is 2.33. The lowest BCUT2D eigenvalue weighted by Gasteiger charge is -2.07. The van der Waals surface area contributed by atoms with Gasteiger partial charge in [-0.15, -0.1) is 0 Å². The molecule has 3 heteroatoms. The molecule has 0 fully saturated rings. The Morgan fingerprint density at radius 3 is 2.59 bits per heavy atom. The van der Waals surface area contributed by atoms with Gasteiger partial charge in [-0.1, -0.05) is 30.3 Å². The van der Waals surface area contributed by atoms with Gasteiger partial charge in [0.1, 0.15) is 5.65 Å². The van der Waals surface area contributed by atoms with E-state index in [0.717, 1.165) is 15.8 Å². The van der Waals surface area contributed by atoms with E-state index in [4.69, 9.17) is 0 Å². The van der Waals surface area contributed by atoms with Gasteiger partial charge in [0.05, 0.1) is 11.9 Å². The Morgan fingerprint density at radius 2 is 1.82 bits per heavy atom. The van der Waals surface area contributed by atoms with Crippen LogP contribution in [-0.2, 0) is 0 Å². The summed E-state index contributed by atoms with van der Waals surface area (Å²) in [6.45, 7) is 2.09. The molecule has 0 spiro atoms. The third-order valence-electron chi connectivity index (χ3n) is 2.92. The van der Waals surface area contributed by atoms with Crippen LogP contribution < -0.4 is 0 Å². The van der Waals surface area contributed by atoms with Gasteiger partial charge in [-0.3, -0.25) is 4.40 Å². The van der Waals surface area contributed by atoms with Gasteiger partial charge in [-0.25, -0.2) is 4.98 Å². The third-order valence-corrected chi connectivity index (χ3v) is 3.76. The highest BCUT2D eigenvalue weighted by molar-refractivity contribution is 9.10. The Labute approximate surface area is 108 Å². The summed E-state index contributed by atoms with van der Waals surface area (Å²) in [6.07, 6.45) is 1.92. The van der Waals surface area contributed by atoms with Crippen molar-refractivity contribution in [2.45, 2.75) is 6.92 Å². The Morgan fingerprint density at radius 1 is 1.06 bits per heavy atom. The smallest absolute Gasteiger partial charge is 0.137 e. The second kappa shape index (κ2) is 4.00. The predicted molar refractivity (Wildman–Crippen MR) is 73.1 cm³/mol. The van der Waals surface area contributed by atoms with Gasteiger partial charge in [0.25, 0.3) is 0 Å². The van der Waals surface area contributed by atoms with Gasteiger partial charge < -0.3 is 0 Å². The molecule has 3 aromatic rings. The molecule has 17 heavy (non-hydrogen) atoms. The van der Waals surface area contributed by atoms with Crippen molar-refractivity contribution in [2.24, 2.45) is 0 Å². The number of nitrogens with zero attached hydrogens (tertiary/aromatic N) is 2. The monoisotopic (exact) mass is 286 g/mol. The van der Waals surface area contributed by atoms with Crippen LogP contribution >= 0.6 is 15.9 Å². The van der Waals surface area contributed by atoms with Crippen LogP contribution in [0, 0.1) is 6.92 Å². The lowest BCUT2D eigenvalue weighted by Crippen LogP contribution is -1.94. The summed E-state index contributed by atoms with van der Waals surface area (Å²) in [5.74, 6) is 0. The summed E-state index contributed by atoms with van der Waals surface area (Å²) in [5.41, 5.74) is 4.45. The van der Waals surface area contributed by atoms with Crippen LogP contribution in [0.3, 0.4) is 0 Å². The van der Waals surface area contributed by atoms with Crippen molar-refractivity contribution in [3.8, 4) is 11.3 Å². The molecular formula is C14H11BrN2. The van der Waals surface area contributed by atoms with E-state index in [1.165, 1.54) is 11.3 Å². The number of benzene rings is 1. The van der Waals surface area contributed by atoms with Crippen molar-refractivity contribution in [3.63, 3.8) is 0 Å². The summed E-state index contributed by atoms with van der Waals surface area (Å²) >= 11 is 3.56. The number of halogens is 1. The average Bonchev–Trinajstić information content (AvgIpc) is 2.79. The number of pyridine rings is 1. The molecule has 0 unspecified atom stereocenters. The Hall–Kier alpha value is -1.61. The molecule has 0 N–H and O–H groups in total. The van der Waals surface area contributed by atoms with Gasteiger partial charge in [0.15, 0.2) is 0 Å². The van der Waals surface area contributed by atoms with Crippen molar-refractivity contribution in [1.82, 2.24) is 9.38 Å². The standard InChI is InChI=1S/C14H11BrN2/c1-10-12(15)7-8-14-16-9-13(17(10)14)11-5-3-2-4-6-11/h2-9H,1H3. The molecule has 0 aliphatic rings. The van der Waals surface area contributed by atoms with E-state index in [-0.39, 0.29) is 0 Å². The first-order valence-corrected chi connectivity index (χ1v) is 6.24. The fourth-order valence-electron chi connectivity index (χ4n) is 2.02. The zero-order chi connectivity index (χ0) is 11.8. The zero-order valence-corrected chi connectivity index (χ0v) is 11.0. The highest BCUT2D eigenvalue weighted by atomic mass is 79.9. The molecule has 0 amide bonds. The van der Waals surface area contributed by atoms with E-state index in [1.54, 1.807) is 0 Å². The minimum Gasteiger partial charge on any atom is -0.296 e. The highest BCUT2D eigenvalue weighted by Crippen LogP contribution is 2.25. The Balaban J connectivity index is 2.35. The van der Waals surface area contributed by atoms with E-state index in [2.05, 4.69) is 44.4 Å². The number of fused-ring (bicyclic) bond motifs is 1. The normalized spacial score (nSPS) is 10.9. The SMILES string of the molecule is Cc1c(Br)ccc2ncc(-c3ccccc3)n12. The maximum atomic E-state index is 4.44. The summed E-state index contributed by atoms with van der Waals surface area (Å²) in [5, 5.41) is 0. The Kier molecular flexibility index (Phi) is 2.48. The lowest BCUT2D eigenvalue weighted by molar-refractivity contribution is 1.08. The van der Waals surface area contributed by atoms with Crippen molar-refractivity contribution in [2.75, 3.05) is 0 Å². The molecule has 2 nitrogen and oxygen atoms in total. The van der Waals surface area contributed by atoms with Crippen molar-refractivity contribution < 1.29 is 0 Å². The summed E-state index contributed by atoms with van der Waals surface area (Å²) in [4.78, 5) is 4.44. The molecular weight excluding hydrogens is 276 g/mol. The molecule has 0 atom stereocenters. The van der Waals surface area contributed by atoms with Crippen molar-refractivity contribution in [1.29, 1.82) is 0 Å². The molecule has 2 aromatic heterocycles. The van der Waals surface area contributed by atoms with Crippen molar-refractivity contribution in [3.05, 3.63) is 58.8 Å². The van der Waals surface area contributed by atoms with Crippen LogP contribution in [-0.4, -0.2) is 9.38 Å².